The molecule has 6 heterocycles. The van der Waals surface area contributed by atoms with Gasteiger partial charge in [0.2, 0.25) is 5.91 Å². The van der Waals surface area contributed by atoms with Crippen molar-refractivity contribution >= 4 is 17.7 Å². The first-order valence-corrected chi connectivity index (χ1v) is 15.1. The summed E-state index contributed by atoms with van der Waals surface area (Å²) in [6.07, 6.45) is 0.872. The van der Waals surface area contributed by atoms with Crippen LogP contribution in [0.5, 0.6) is 23.0 Å². The molecule has 3 aromatic carbocycles. The molecule has 4 bridgehead atoms. The number of amides is 3. The van der Waals surface area contributed by atoms with Gasteiger partial charge < -0.3 is 34.9 Å². The molecule has 46 heavy (non-hydrogen) atoms. The van der Waals surface area contributed by atoms with Crippen LogP contribution in [0.15, 0.2) is 72.8 Å². The lowest BCUT2D eigenvalue weighted by Gasteiger charge is -2.38. The van der Waals surface area contributed by atoms with E-state index in [2.05, 4.69) is 20.8 Å². The molecule has 0 saturated carbocycles. The minimum Gasteiger partial charge on any atom is -0.508 e. The third-order valence-electron chi connectivity index (χ3n) is 8.08. The second kappa shape index (κ2) is 13.6. The topological polar surface area (TPSA) is 155 Å². The van der Waals surface area contributed by atoms with Crippen LogP contribution < -0.4 is 24.8 Å². The number of hydrogen-bond donors (Lipinski definition) is 4. The zero-order valence-corrected chi connectivity index (χ0v) is 25.3. The average molecular weight is 626 g/mol. The highest BCUT2D eigenvalue weighted by Gasteiger charge is 2.35. The minimum absolute atomic E-state index is 0.0680. The molecule has 2 atom stereocenters. The van der Waals surface area contributed by atoms with Gasteiger partial charge >= 0.3 is 0 Å². The van der Waals surface area contributed by atoms with Crippen molar-refractivity contribution in [2.24, 2.45) is 0 Å². The van der Waals surface area contributed by atoms with E-state index < -0.39 is 12.1 Å². The molecule has 5 aliphatic rings. The van der Waals surface area contributed by atoms with Gasteiger partial charge in [-0.1, -0.05) is 18.2 Å². The predicted octanol–water partition coefficient (Wildman–Crippen LogP) is 3.21. The maximum absolute atomic E-state index is 13.5. The number of aromatic hydroxyl groups is 1. The van der Waals surface area contributed by atoms with Crippen LogP contribution >= 0.6 is 0 Å². The Balaban J connectivity index is 1.21. The SMILES string of the molecule is COc1cc2ccc1OCC(=O)N[C@@H]1CN(C(=O)c3cc(-c4ccc(O)cc4)n[nH]3)CC[C@H]1Oc1ccc(cc1)CNC(=O)CC2. The van der Waals surface area contributed by atoms with Gasteiger partial charge in [-0.3, -0.25) is 19.5 Å². The predicted molar refractivity (Wildman–Crippen MR) is 168 cm³/mol. The van der Waals surface area contributed by atoms with Gasteiger partial charge in [-0.2, -0.15) is 5.10 Å². The Morgan fingerprint density at radius 1 is 0.978 bits per heavy atom. The summed E-state index contributed by atoms with van der Waals surface area (Å²) >= 11 is 0. The molecule has 9 rings (SSSR count). The Bertz CT molecular complexity index is 1700. The fourth-order valence-corrected chi connectivity index (χ4v) is 5.56. The molecule has 1 saturated heterocycles. The lowest BCUT2D eigenvalue weighted by Crippen LogP contribution is -2.58. The fourth-order valence-electron chi connectivity index (χ4n) is 5.56. The third-order valence-corrected chi connectivity index (χ3v) is 8.08. The summed E-state index contributed by atoms with van der Waals surface area (Å²) in [6.45, 7) is 0.704. The number of nitrogens with one attached hydrogen (secondary N) is 3. The third kappa shape index (κ3) is 7.23. The van der Waals surface area contributed by atoms with Crippen LogP contribution in [0.25, 0.3) is 11.3 Å². The van der Waals surface area contributed by atoms with Crippen molar-refractivity contribution in [3.05, 3.63) is 89.6 Å². The highest BCUT2D eigenvalue weighted by Crippen LogP contribution is 2.29. The second-order valence-electron chi connectivity index (χ2n) is 11.3. The van der Waals surface area contributed by atoms with Crippen molar-refractivity contribution in [3.8, 4) is 34.3 Å². The summed E-state index contributed by atoms with van der Waals surface area (Å²) < 4.78 is 17.7. The van der Waals surface area contributed by atoms with Crippen LogP contribution in [0.4, 0.5) is 0 Å². The smallest absolute Gasteiger partial charge is 0.271 e. The van der Waals surface area contributed by atoms with E-state index in [1.807, 2.05) is 30.3 Å². The van der Waals surface area contributed by atoms with E-state index in [0.717, 1.165) is 16.7 Å². The fraction of sp³-hybridized carbons (Fsp3) is 0.294. The largest absolute Gasteiger partial charge is 0.508 e. The molecule has 1 fully saturated rings. The van der Waals surface area contributed by atoms with Crippen molar-refractivity contribution in [3.63, 3.8) is 0 Å². The zero-order valence-electron chi connectivity index (χ0n) is 25.3. The summed E-state index contributed by atoms with van der Waals surface area (Å²) in [7, 11) is 1.52. The molecule has 0 aliphatic carbocycles. The van der Waals surface area contributed by atoms with Crippen LogP contribution in [0.3, 0.4) is 0 Å². The molecule has 12 heteroatoms. The number of piperidine rings is 1. The van der Waals surface area contributed by atoms with Crippen molar-refractivity contribution in [2.75, 3.05) is 26.8 Å². The molecule has 0 radical (unpaired) electrons. The molecule has 0 unspecified atom stereocenters. The number of phenolic OH excluding ortho intramolecular Hbond substituents is 1. The van der Waals surface area contributed by atoms with E-state index in [-0.39, 0.29) is 36.6 Å². The monoisotopic (exact) mass is 625 g/mol. The van der Waals surface area contributed by atoms with E-state index >= 15 is 0 Å². The number of phenols is 1. The quantitative estimate of drug-likeness (QED) is 0.271. The molecule has 238 valence electrons. The Kier molecular flexibility index (Phi) is 9.04. The molecular weight excluding hydrogens is 590 g/mol. The molecule has 0 spiro atoms. The molecule has 1 aromatic heterocycles. The zero-order chi connectivity index (χ0) is 32.0. The van der Waals surface area contributed by atoms with Gasteiger partial charge in [0.25, 0.3) is 11.8 Å². The number of benzene rings is 3. The van der Waals surface area contributed by atoms with Gasteiger partial charge in [-0.25, -0.2) is 0 Å². The van der Waals surface area contributed by atoms with Crippen LogP contribution in [0.1, 0.15) is 34.5 Å². The first-order valence-electron chi connectivity index (χ1n) is 15.1. The van der Waals surface area contributed by atoms with Gasteiger partial charge in [0.15, 0.2) is 18.1 Å². The number of aromatic nitrogens is 2. The normalized spacial score (nSPS) is 18.8. The lowest BCUT2D eigenvalue weighted by molar-refractivity contribution is -0.125. The van der Waals surface area contributed by atoms with Gasteiger partial charge in [-0.05, 0) is 72.1 Å². The molecule has 3 amide bonds. The standard InChI is InChI=1S/C34H35N5O7/c1-44-31-16-21-4-12-30(31)45-20-33(42)36-28-19-39(34(43)27-17-26(37-38-27)23-6-8-24(40)9-7-23)15-14-29(28)46-25-10-2-22(3-11-25)18-35-32(41)13-5-21/h2-4,6-12,16-17,28-29,40H,5,13-15,18-20H2,1H3,(H,35,41)(H,36,42)(H,37,38)/t28-,29-/m1/s1. The number of nitrogens with zero attached hydrogens (tertiary/aromatic N) is 2. The number of hydrogen-bond acceptors (Lipinski definition) is 8. The molecule has 12 nitrogen and oxygen atoms in total. The number of aryl methyl sites for hydroxylation is 1. The molecule has 4 N–H and O–H groups in total. The van der Waals surface area contributed by atoms with E-state index in [1.54, 1.807) is 47.4 Å². The molecular formula is C34H35N5O7. The highest BCUT2D eigenvalue weighted by molar-refractivity contribution is 5.93. The summed E-state index contributed by atoms with van der Waals surface area (Å²) in [5, 5.41) is 22.7. The maximum Gasteiger partial charge on any atom is 0.271 e. The number of methoxy groups -OCH3 is 1. The Hall–Kier alpha value is -5.52. The van der Waals surface area contributed by atoms with E-state index in [9.17, 15) is 19.5 Å². The summed E-state index contributed by atoms with van der Waals surface area (Å²) in [5.41, 5.74) is 3.46. The van der Waals surface area contributed by atoms with Crippen LogP contribution in [0.2, 0.25) is 0 Å². The Morgan fingerprint density at radius 3 is 2.54 bits per heavy atom. The van der Waals surface area contributed by atoms with Crippen LogP contribution in [0, 0.1) is 0 Å². The number of carbonyl (C=O) groups is 3. The van der Waals surface area contributed by atoms with Crippen molar-refractivity contribution in [2.45, 2.75) is 38.0 Å². The summed E-state index contributed by atoms with van der Waals surface area (Å²) in [5.74, 6) is 0.905. The van der Waals surface area contributed by atoms with E-state index in [1.165, 1.54) is 7.11 Å². The average Bonchev–Trinajstić information content (AvgIpc) is 3.57. The van der Waals surface area contributed by atoms with Crippen LogP contribution in [-0.4, -0.2) is 76.9 Å². The number of rotatable bonds is 3. The first kappa shape index (κ1) is 30.5. The van der Waals surface area contributed by atoms with E-state index in [4.69, 9.17) is 14.2 Å². The molecule has 5 aliphatic heterocycles. The van der Waals surface area contributed by atoms with Gasteiger partial charge in [0.05, 0.1) is 18.8 Å². The lowest BCUT2D eigenvalue weighted by atomic mass is 10.0. The summed E-state index contributed by atoms with van der Waals surface area (Å²) in [6, 6.07) is 20.5. The van der Waals surface area contributed by atoms with Gasteiger partial charge in [0.1, 0.15) is 23.3 Å². The van der Waals surface area contributed by atoms with Gasteiger partial charge in [-0.15, -0.1) is 0 Å². The molecule has 4 aromatic rings. The Labute approximate surface area is 265 Å². The van der Waals surface area contributed by atoms with Crippen molar-refractivity contribution in [1.82, 2.24) is 25.7 Å². The minimum atomic E-state index is -0.540. The van der Waals surface area contributed by atoms with Crippen molar-refractivity contribution in [1.29, 1.82) is 0 Å². The Morgan fingerprint density at radius 2 is 1.76 bits per heavy atom. The van der Waals surface area contributed by atoms with Crippen molar-refractivity contribution < 1.29 is 33.7 Å². The first-order chi connectivity index (χ1) is 22.3. The highest BCUT2D eigenvalue weighted by atomic mass is 16.5. The second-order valence-corrected chi connectivity index (χ2v) is 11.3. The number of ether oxygens (including phenoxy) is 3. The number of carbonyl (C=O) groups excluding carboxylic acids is 3. The number of aromatic amines is 1. The summed E-state index contributed by atoms with van der Waals surface area (Å²) in [4.78, 5) is 40.9. The number of likely N-dealkylation sites (tertiary alicyclic amines) is 1. The van der Waals surface area contributed by atoms with Crippen LogP contribution in [-0.2, 0) is 22.6 Å². The van der Waals surface area contributed by atoms with Gasteiger partial charge in [0, 0.05) is 38.0 Å². The maximum atomic E-state index is 13.5. The number of H-pyrrole nitrogens is 1. The van der Waals surface area contributed by atoms with E-state index in [0.29, 0.717) is 61.0 Å².